The molecular formula is C21H30N4O3. The zero-order chi connectivity index (χ0) is 19.5. The summed E-state index contributed by atoms with van der Waals surface area (Å²) in [7, 11) is 0. The molecule has 0 bridgehead atoms. The fourth-order valence-corrected chi connectivity index (χ4v) is 4.44. The second kappa shape index (κ2) is 8.47. The molecule has 2 aliphatic rings. The molecule has 0 amide bonds. The Morgan fingerprint density at radius 3 is 2.68 bits per heavy atom. The Kier molecular flexibility index (Phi) is 5.80. The summed E-state index contributed by atoms with van der Waals surface area (Å²) >= 11 is 0. The van der Waals surface area contributed by atoms with Gasteiger partial charge in [0.15, 0.2) is 5.65 Å². The number of fused-ring (bicyclic) bond motifs is 1. The van der Waals surface area contributed by atoms with Crippen molar-refractivity contribution in [2.75, 3.05) is 25.1 Å². The number of carbonyl (C=O) groups is 1. The van der Waals surface area contributed by atoms with Crippen LogP contribution in [0.15, 0.2) is 6.20 Å². The van der Waals surface area contributed by atoms with E-state index in [0.29, 0.717) is 18.1 Å². The van der Waals surface area contributed by atoms with Crippen LogP contribution in [0.5, 0.6) is 0 Å². The second-order valence-electron chi connectivity index (χ2n) is 7.68. The van der Waals surface area contributed by atoms with Crippen LogP contribution >= 0.6 is 0 Å². The lowest BCUT2D eigenvalue weighted by atomic mass is 9.95. The normalized spacial score (nSPS) is 18.6. The summed E-state index contributed by atoms with van der Waals surface area (Å²) < 4.78 is 12.9. The van der Waals surface area contributed by atoms with E-state index in [-0.39, 0.29) is 12.0 Å². The number of aromatic nitrogens is 3. The van der Waals surface area contributed by atoms with Gasteiger partial charge < -0.3 is 14.8 Å². The van der Waals surface area contributed by atoms with Crippen LogP contribution in [0.4, 0.5) is 5.69 Å². The number of pyridine rings is 1. The molecule has 0 atom stereocenters. The number of rotatable bonds is 6. The minimum atomic E-state index is -0.280. The summed E-state index contributed by atoms with van der Waals surface area (Å²) in [5.41, 5.74) is 3.19. The predicted molar refractivity (Wildman–Crippen MR) is 108 cm³/mol. The molecule has 0 radical (unpaired) electrons. The van der Waals surface area contributed by atoms with Crippen LogP contribution < -0.4 is 5.32 Å². The average Bonchev–Trinajstić information content (AvgIpc) is 3.38. The maximum atomic E-state index is 13.1. The number of anilines is 1. The molecule has 1 aliphatic heterocycles. The number of hydrogen-bond acceptors (Lipinski definition) is 6. The number of esters is 1. The van der Waals surface area contributed by atoms with Gasteiger partial charge in [0, 0.05) is 31.7 Å². The number of hydrogen-bond donors (Lipinski definition) is 1. The first-order valence-electron chi connectivity index (χ1n) is 10.6. The van der Waals surface area contributed by atoms with Gasteiger partial charge in [-0.15, -0.1) is 0 Å². The summed E-state index contributed by atoms with van der Waals surface area (Å²) in [6.07, 6.45) is 8.18. The average molecular weight is 386 g/mol. The van der Waals surface area contributed by atoms with Gasteiger partial charge in [-0.2, -0.15) is 5.10 Å². The fourth-order valence-electron chi connectivity index (χ4n) is 4.44. The molecule has 2 aromatic heterocycles. The van der Waals surface area contributed by atoms with Crippen LogP contribution in [0.25, 0.3) is 11.0 Å². The van der Waals surface area contributed by atoms with Crippen molar-refractivity contribution in [3.8, 4) is 0 Å². The molecule has 1 aliphatic carbocycles. The van der Waals surface area contributed by atoms with E-state index in [4.69, 9.17) is 14.5 Å². The minimum Gasteiger partial charge on any atom is -0.462 e. The second-order valence-corrected chi connectivity index (χ2v) is 7.68. The third-order valence-corrected chi connectivity index (χ3v) is 5.90. The third-order valence-electron chi connectivity index (χ3n) is 5.90. The van der Waals surface area contributed by atoms with Crippen molar-refractivity contribution in [3.05, 3.63) is 17.5 Å². The van der Waals surface area contributed by atoms with E-state index in [0.717, 1.165) is 67.9 Å². The van der Waals surface area contributed by atoms with Gasteiger partial charge >= 0.3 is 5.97 Å². The van der Waals surface area contributed by atoms with Crippen molar-refractivity contribution in [2.24, 2.45) is 0 Å². The Morgan fingerprint density at radius 2 is 2.00 bits per heavy atom. The van der Waals surface area contributed by atoms with Crippen molar-refractivity contribution < 1.29 is 14.3 Å². The van der Waals surface area contributed by atoms with E-state index in [2.05, 4.69) is 17.3 Å². The zero-order valence-corrected chi connectivity index (χ0v) is 16.9. The molecule has 0 aromatic carbocycles. The number of aryl methyl sites for hydroxylation is 1. The van der Waals surface area contributed by atoms with E-state index in [9.17, 15) is 4.79 Å². The van der Waals surface area contributed by atoms with Crippen molar-refractivity contribution in [1.82, 2.24) is 14.8 Å². The van der Waals surface area contributed by atoms with Crippen molar-refractivity contribution in [2.45, 2.75) is 70.9 Å². The Bertz CT molecular complexity index is 836. The van der Waals surface area contributed by atoms with Crippen LogP contribution in [0.3, 0.4) is 0 Å². The smallest absolute Gasteiger partial charge is 0.342 e. The Labute approximate surface area is 165 Å². The van der Waals surface area contributed by atoms with E-state index < -0.39 is 0 Å². The highest BCUT2D eigenvalue weighted by Crippen LogP contribution is 2.40. The predicted octanol–water partition coefficient (Wildman–Crippen LogP) is 3.88. The van der Waals surface area contributed by atoms with Gasteiger partial charge in [0.1, 0.15) is 5.56 Å². The molecule has 1 N–H and O–H groups in total. The highest BCUT2D eigenvalue weighted by molar-refractivity contribution is 6.05. The van der Waals surface area contributed by atoms with Crippen LogP contribution in [0.1, 0.15) is 74.3 Å². The quantitative estimate of drug-likeness (QED) is 0.759. The minimum absolute atomic E-state index is 0.272. The van der Waals surface area contributed by atoms with Gasteiger partial charge in [-0.25, -0.2) is 14.5 Å². The molecule has 0 spiro atoms. The molecule has 2 aromatic rings. The van der Waals surface area contributed by atoms with E-state index in [1.807, 2.05) is 17.8 Å². The van der Waals surface area contributed by atoms with Gasteiger partial charge in [-0.05, 0) is 39.5 Å². The number of nitrogens with one attached hydrogen (secondary N) is 1. The first-order valence-corrected chi connectivity index (χ1v) is 10.6. The molecule has 152 valence electrons. The van der Waals surface area contributed by atoms with Crippen LogP contribution in [0.2, 0.25) is 0 Å². The van der Waals surface area contributed by atoms with Gasteiger partial charge in [0.2, 0.25) is 0 Å². The van der Waals surface area contributed by atoms with Crippen molar-refractivity contribution >= 4 is 22.7 Å². The summed E-state index contributed by atoms with van der Waals surface area (Å²) in [6.45, 7) is 6.49. The Hall–Kier alpha value is -2.15. The van der Waals surface area contributed by atoms with Crippen LogP contribution in [-0.4, -0.2) is 46.6 Å². The van der Waals surface area contributed by atoms with Crippen LogP contribution in [-0.2, 0) is 16.0 Å². The standard InChI is InChI=1S/C21H30N4O3/c1-3-25-20-16(13-22-25)19(23-15-9-11-27-12-10-15)17(21(26)28-4-2)18(24-20)14-7-5-6-8-14/h13-15H,3-12H2,1-2H3,(H,23,24). The molecule has 28 heavy (non-hydrogen) atoms. The summed E-state index contributed by atoms with van der Waals surface area (Å²) in [5.74, 6) is 0.0249. The SMILES string of the molecule is CCOC(=O)c1c(C2CCCC2)nc2c(cnn2CC)c1NC1CCOCC1. The molecule has 3 heterocycles. The summed E-state index contributed by atoms with van der Waals surface area (Å²) in [4.78, 5) is 18.0. The number of carbonyl (C=O) groups excluding carboxylic acids is 1. The van der Waals surface area contributed by atoms with Gasteiger partial charge in [-0.3, -0.25) is 0 Å². The van der Waals surface area contributed by atoms with E-state index >= 15 is 0 Å². The first-order chi connectivity index (χ1) is 13.7. The maximum absolute atomic E-state index is 13.1. The van der Waals surface area contributed by atoms with E-state index in [1.54, 1.807) is 0 Å². The lowest BCUT2D eigenvalue weighted by molar-refractivity contribution is 0.0525. The monoisotopic (exact) mass is 386 g/mol. The molecule has 2 fully saturated rings. The van der Waals surface area contributed by atoms with Crippen molar-refractivity contribution in [3.63, 3.8) is 0 Å². The molecular weight excluding hydrogens is 356 g/mol. The fraction of sp³-hybridized carbons (Fsp3) is 0.667. The van der Waals surface area contributed by atoms with E-state index in [1.165, 1.54) is 12.8 Å². The number of ether oxygens (including phenoxy) is 2. The lowest BCUT2D eigenvalue weighted by Gasteiger charge is -2.27. The van der Waals surface area contributed by atoms with Gasteiger partial charge in [-0.1, -0.05) is 12.8 Å². The maximum Gasteiger partial charge on any atom is 0.342 e. The third kappa shape index (κ3) is 3.60. The molecule has 0 unspecified atom stereocenters. The Balaban J connectivity index is 1.88. The molecule has 7 nitrogen and oxygen atoms in total. The molecule has 1 saturated carbocycles. The lowest BCUT2D eigenvalue weighted by Crippen LogP contribution is -2.29. The summed E-state index contributed by atoms with van der Waals surface area (Å²) in [6, 6.07) is 0.272. The van der Waals surface area contributed by atoms with Gasteiger partial charge in [0.25, 0.3) is 0 Å². The van der Waals surface area contributed by atoms with Crippen molar-refractivity contribution in [1.29, 1.82) is 0 Å². The van der Waals surface area contributed by atoms with Crippen LogP contribution in [0, 0.1) is 0 Å². The topological polar surface area (TPSA) is 78.3 Å². The first kappa shape index (κ1) is 19.2. The molecule has 1 saturated heterocycles. The zero-order valence-electron chi connectivity index (χ0n) is 16.9. The highest BCUT2D eigenvalue weighted by atomic mass is 16.5. The van der Waals surface area contributed by atoms with Gasteiger partial charge in [0.05, 0.1) is 29.6 Å². The number of nitrogens with zero attached hydrogens (tertiary/aromatic N) is 3. The molecule has 4 rings (SSSR count). The molecule has 7 heteroatoms. The highest BCUT2D eigenvalue weighted by Gasteiger charge is 2.31. The summed E-state index contributed by atoms with van der Waals surface area (Å²) in [5, 5.41) is 9.08. The Morgan fingerprint density at radius 1 is 1.25 bits per heavy atom. The largest absolute Gasteiger partial charge is 0.462 e.